The van der Waals surface area contributed by atoms with Gasteiger partial charge in [0.15, 0.2) is 6.23 Å². The molecule has 2 unspecified atom stereocenters. The quantitative estimate of drug-likeness (QED) is 0.663. The number of carbonyl (C=O) groups excluding carboxylic acids is 1. The van der Waals surface area contributed by atoms with E-state index in [1.165, 1.54) is 6.92 Å². The molecule has 2 aliphatic heterocycles. The molecule has 2 heterocycles. The maximum absolute atomic E-state index is 11.1. The zero-order valence-corrected chi connectivity index (χ0v) is 12.2. The topological polar surface area (TPSA) is 45.3 Å². The van der Waals surface area contributed by atoms with Gasteiger partial charge in [-0.25, -0.2) is 0 Å². The Morgan fingerprint density at radius 1 is 1.21 bits per heavy atom. The van der Waals surface area contributed by atoms with Crippen molar-refractivity contribution in [3.63, 3.8) is 0 Å². The van der Waals surface area contributed by atoms with Crippen LogP contribution in [0.25, 0.3) is 0 Å². The van der Waals surface area contributed by atoms with E-state index >= 15 is 0 Å². The summed E-state index contributed by atoms with van der Waals surface area (Å²) >= 11 is 0. The molecule has 0 bridgehead atoms. The molecule has 0 spiro atoms. The smallest absolute Gasteiger partial charge is 0.304 e. The van der Waals surface area contributed by atoms with Crippen LogP contribution in [0.1, 0.15) is 13.8 Å². The second-order valence-corrected chi connectivity index (χ2v) is 5.32. The normalized spacial score (nSPS) is 29.1. The van der Waals surface area contributed by atoms with Crippen LogP contribution in [0.15, 0.2) is 0 Å². The predicted octanol–water partition coefficient (Wildman–Crippen LogP) is -0.199. The number of likely N-dealkylation sites (N-methyl/N-ethyl adjacent to an activating group) is 1. The third-order valence-corrected chi connectivity index (χ3v) is 4.03. The van der Waals surface area contributed by atoms with E-state index < -0.39 is 0 Å². The van der Waals surface area contributed by atoms with Crippen molar-refractivity contribution >= 4 is 5.97 Å². The summed E-state index contributed by atoms with van der Waals surface area (Å²) in [4.78, 5) is 18.1. The third kappa shape index (κ3) is 3.89. The van der Waals surface area contributed by atoms with Crippen molar-refractivity contribution in [2.75, 3.05) is 53.0 Å². The Balaban J connectivity index is 1.90. The Hall–Kier alpha value is -0.690. The molecule has 2 rings (SSSR count). The standard InChI is InChI=1S/C13H25N3O3/c1-11(15-6-8-18-9-7-15)16-5-4-14(3)13(10-16)19-12(2)17/h11,13H,4-10H2,1-3H3. The number of rotatable bonds is 3. The van der Waals surface area contributed by atoms with Crippen LogP contribution in [-0.4, -0.2) is 86.0 Å². The molecule has 6 heteroatoms. The number of carbonyl (C=O) groups is 1. The van der Waals surface area contributed by atoms with Crippen molar-refractivity contribution < 1.29 is 14.3 Å². The van der Waals surface area contributed by atoms with E-state index in [1.54, 1.807) is 0 Å². The molecule has 2 saturated heterocycles. The molecule has 110 valence electrons. The summed E-state index contributed by atoms with van der Waals surface area (Å²) in [5.41, 5.74) is 0. The number of esters is 1. The summed E-state index contributed by atoms with van der Waals surface area (Å²) < 4.78 is 10.8. The van der Waals surface area contributed by atoms with Gasteiger partial charge in [0.25, 0.3) is 0 Å². The lowest BCUT2D eigenvalue weighted by molar-refractivity contribution is -0.165. The number of morpholine rings is 1. The van der Waals surface area contributed by atoms with Crippen LogP contribution in [0, 0.1) is 0 Å². The highest BCUT2D eigenvalue weighted by Gasteiger charge is 2.31. The van der Waals surface area contributed by atoms with Gasteiger partial charge in [0.1, 0.15) is 0 Å². The fraction of sp³-hybridized carbons (Fsp3) is 0.923. The lowest BCUT2D eigenvalue weighted by Crippen LogP contribution is -2.60. The van der Waals surface area contributed by atoms with Crippen LogP contribution < -0.4 is 0 Å². The zero-order chi connectivity index (χ0) is 13.8. The van der Waals surface area contributed by atoms with Gasteiger partial charge in [-0.1, -0.05) is 0 Å². The summed E-state index contributed by atoms with van der Waals surface area (Å²) in [5, 5.41) is 0. The first-order valence-corrected chi connectivity index (χ1v) is 7.01. The fourth-order valence-corrected chi connectivity index (χ4v) is 2.70. The van der Waals surface area contributed by atoms with Gasteiger partial charge in [0.05, 0.1) is 25.9 Å². The minimum absolute atomic E-state index is 0.130. The lowest BCUT2D eigenvalue weighted by atomic mass is 10.2. The highest BCUT2D eigenvalue weighted by Crippen LogP contribution is 2.15. The second-order valence-electron chi connectivity index (χ2n) is 5.32. The van der Waals surface area contributed by atoms with Crippen LogP contribution in [-0.2, 0) is 14.3 Å². The van der Waals surface area contributed by atoms with E-state index in [0.717, 1.165) is 45.9 Å². The van der Waals surface area contributed by atoms with Gasteiger partial charge in [0, 0.05) is 33.1 Å². The molecule has 6 nitrogen and oxygen atoms in total. The molecule has 0 aromatic rings. The monoisotopic (exact) mass is 271 g/mol. The van der Waals surface area contributed by atoms with Gasteiger partial charge in [0.2, 0.25) is 0 Å². The van der Waals surface area contributed by atoms with Crippen molar-refractivity contribution in [1.82, 2.24) is 14.7 Å². The molecular formula is C13H25N3O3. The highest BCUT2D eigenvalue weighted by atomic mass is 16.6. The molecule has 0 aromatic carbocycles. The molecular weight excluding hydrogens is 246 g/mol. The first-order chi connectivity index (χ1) is 9.08. The molecule has 2 atom stereocenters. The zero-order valence-electron chi connectivity index (χ0n) is 12.2. The van der Waals surface area contributed by atoms with E-state index in [2.05, 4.69) is 21.6 Å². The summed E-state index contributed by atoms with van der Waals surface area (Å²) in [5.74, 6) is -0.210. The molecule has 2 aliphatic rings. The summed E-state index contributed by atoms with van der Waals surface area (Å²) in [6.45, 7) is 9.97. The summed E-state index contributed by atoms with van der Waals surface area (Å²) in [6, 6.07) is 0. The van der Waals surface area contributed by atoms with Crippen LogP contribution in [0.5, 0.6) is 0 Å². The number of piperazine rings is 1. The molecule has 0 saturated carbocycles. The number of hydrogen-bond donors (Lipinski definition) is 0. The minimum Gasteiger partial charge on any atom is -0.445 e. The van der Waals surface area contributed by atoms with E-state index in [0.29, 0.717) is 6.17 Å². The lowest BCUT2D eigenvalue weighted by Gasteiger charge is -2.45. The molecule has 19 heavy (non-hydrogen) atoms. The fourth-order valence-electron chi connectivity index (χ4n) is 2.70. The van der Waals surface area contributed by atoms with E-state index in [4.69, 9.17) is 9.47 Å². The Labute approximate surface area is 115 Å². The maximum atomic E-state index is 11.1. The molecule has 0 aliphatic carbocycles. The van der Waals surface area contributed by atoms with Gasteiger partial charge in [-0.05, 0) is 14.0 Å². The molecule has 0 N–H and O–H groups in total. The van der Waals surface area contributed by atoms with Gasteiger partial charge in [-0.15, -0.1) is 0 Å². The van der Waals surface area contributed by atoms with Gasteiger partial charge in [-0.2, -0.15) is 0 Å². The maximum Gasteiger partial charge on any atom is 0.304 e. The van der Waals surface area contributed by atoms with E-state index in [9.17, 15) is 4.79 Å². The Morgan fingerprint density at radius 3 is 2.53 bits per heavy atom. The third-order valence-electron chi connectivity index (χ3n) is 4.03. The Kier molecular flexibility index (Phi) is 5.15. The summed E-state index contributed by atoms with van der Waals surface area (Å²) in [6.07, 6.45) is 0.241. The summed E-state index contributed by atoms with van der Waals surface area (Å²) in [7, 11) is 2.00. The average Bonchev–Trinajstić information content (AvgIpc) is 2.41. The second kappa shape index (κ2) is 6.65. The van der Waals surface area contributed by atoms with Crippen molar-refractivity contribution in [1.29, 1.82) is 0 Å². The van der Waals surface area contributed by atoms with Crippen LogP contribution in [0.2, 0.25) is 0 Å². The SMILES string of the molecule is CC(=O)OC1CN(C(C)N2CCOCC2)CCN1C. The van der Waals surface area contributed by atoms with Gasteiger partial charge >= 0.3 is 5.97 Å². The largest absolute Gasteiger partial charge is 0.445 e. The van der Waals surface area contributed by atoms with Crippen LogP contribution in [0.4, 0.5) is 0 Å². The minimum atomic E-state index is -0.210. The first kappa shape index (κ1) is 14.7. The van der Waals surface area contributed by atoms with E-state index in [-0.39, 0.29) is 12.2 Å². The van der Waals surface area contributed by atoms with Crippen LogP contribution >= 0.6 is 0 Å². The van der Waals surface area contributed by atoms with Crippen LogP contribution in [0.3, 0.4) is 0 Å². The Bertz CT molecular complexity index is 308. The van der Waals surface area contributed by atoms with Gasteiger partial charge in [-0.3, -0.25) is 19.5 Å². The Morgan fingerprint density at radius 2 is 1.89 bits per heavy atom. The first-order valence-electron chi connectivity index (χ1n) is 7.01. The van der Waals surface area contributed by atoms with Crippen molar-refractivity contribution in [3.05, 3.63) is 0 Å². The highest BCUT2D eigenvalue weighted by molar-refractivity contribution is 5.66. The van der Waals surface area contributed by atoms with E-state index in [1.807, 2.05) is 7.05 Å². The van der Waals surface area contributed by atoms with Crippen molar-refractivity contribution in [2.45, 2.75) is 26.2 Å². The predicted molar refractivity (Wildman–Crippen MR) is 71.6 cm³/mol. The molecule has 0 aromatic heterocycles. The van der Waals surface area contributed by atoms with Gasteiger partial charge < -0.3 is 9.47 Å². The number of hydrogen-bond acceptors (Lipinski definition) is 6. The average molecular weight is 271 g/mol. The number of ether oxygens (including phenoxy) is 2. The number of nitrogens with zero attached hydrogens (tertiary/aromatic N) is 3. The molecule has 0 amide bonds. The molecule has 2 fully saturated rings. The van der Waals surface area contributed by atoms with Crippen molar-refractivity contribution in [3.8, 4) is 0 Å². The molecule has 0 radical (unpaired) electrons. The van der Waals surface area contributed by atoms with Crippen molar-refractivity contribution in [2.24, 2.45) is 0 Å².